The molecule has 1 aromatic rings. The molecule has 1 atom stereocenters. The second kappa shape index (κ2) is 7.13. The first kappa shape index (κ1) is 14.6. The van der Waals surface area contributed by atoms with E-state index in [-0.39, 0.29) is 12.7 Å². The summed E-state index contributed by atoms with van der Waals surface area (Å²) < 4.78 is 5.85. The number of nitrogens with zero attached hydrogens (tertiary/aromatic N) is 1. The van der Waals surface area contributed by atoms with Crippen molar-refractivity contribution in [3.63, 3.8) is 0 Å². The fourth-order valence-corrected chi connectivity index (χ4v) is 2.92. The van der Waals surface area contributed by atoms with Crippen LogP contribution < -0.4 is 4.90 Å². The Balaban J connectivity index is 2.12. The van der Waals surface area contributed by atoms with Gasteiger partial charge in [0, 0.05) is 25.3 Å². The molecule has 3 nitrogen and oxygen atoms in total. The lowest BCUT2D eigenvalue weighted by Crippen LogP contribution is -2.40. The molecule has 4 heteroatoms. The van der Waals surface area contributed by atoms with Crippen LogP contribution in [0.5, 0.6) is 0 Å². The van der Waals surface area contributed by atoms with Gasteiger partial charge in [-0.2, -0.15) is 0 Å². The quantitative estimate of drug-likeness (QED) is 0.900. The lowest BCUT2D eigenvalue weighted by molar-refractivity contribution is 0.0440. The number of rotatable bonds is 5. The zero-order valence-corrected chi connectivity index (χ0v) is 12.2. The molecule has 1 aliphatic rings. The van der Waals surface area contributed by atoms with E-state index in [1.807, 2.05) is 18.2 Å². The van der Waals surface area contributed by atoms with Crippen LogP contribution >= 0.6 is 11.6 Å². The normalized spacial score (nSPS) is 19.7. The highest BCUT2D eigenvalue weighted by Crippen LogP contribution is 2.32. The maximum atomic E-state index is 9.46. The smallest absolute Gasteiger partial charge is 0.0750 e. The van der Waals surface area contributed by atoms with Gasteiger partial charge in [0.2, 0.25) is 0 Å². The Morgan fingerprint density at radius 2 is 2.32 bits per heavy atom. The predicted octanol–water partition coefficient (Wildman–Crippen LogP) is 3.23. The molecule has 0 amide bonds. The van der Waals surface area contributed by atoms with Crippen molar-refractivity contribution in [1.29, 1.82) is 0 Å². The topological polar surface area (TPSA) is 32.7 Å². The van der Waals surface area contributed by atoms with E-state index in [0.717, 1.165) is 50.2 Å². The highest BCUT2D eigenvalue weighted by Gasteiger charge is 2.23. The standard InChI is InChI=1S/C15H22ClNO2/c1-2-9-19-13-6-4-8-17(10-13)15-12(11-18)5-3-7-14(15)16/h3,5,7,13,18H,2,4,6,8-11H2,1H3. The van der Waals surface area contributed by atoms with Gasteiger partial charge in [-0.05, 0) is 25.3 Å². The molecule has 19 heavy (non-hydrogen) atoms. The molecule has 106 valence electrons. The van der Waals surface area contributed by atoms with Crippen LogP contribution in [0.4, 0.5) is 5.69 Å². The third kappa shape index (κ3) is 3.62. The number of aliphatic hydroxyl groups is 1. The number of aliphatic hydroxyl groups excluding tert-OH is 1. The van der Waals surface area contributed by atoms with Gasteiger partial charge in [0.15, 0.2) is 0 Å². The number of anilines is 1. The lowest BCUT2D eigenvalue weighted by atomic mass is 10.1. The van der Waals surface area contributed by atoms with Crippen molar-refractivity contribution in [2.24, 2.45) is 0 Å². The van der Waals surface area contributed by atoms with E-state index >= 15 is 0 Å². The van der Waals surface area contributed by atoms with E-state index in [1.54, 1.807) is 0 Å². The van der Waals surface area contributed by atoms with Gasteiger partial charge in [0.1, 0.15) is 0 Å². The number of hydrogen-bond acceptors (Lipinski definition) is 3. The molecule has 2 rings (SSSR count). The van der Waals surface area contributed by atoms with Gasteiger partial charge < -0.3 is 14.7 Å². The van der Waals surface area contributed by atoms with Crippen molar-refractivity contribution in [3.05, 3.63) is 28.8 Å². The van der Waals surface area contributed by atoms with Gasteiger partial charge in [-0.15, -0.1) is 0 Å². The van der Waals surface area contributed by atoms with Crippen LogP contribution in [0.25, 0.3) is 0 Å². The summed E-state index contributed by atoms with van der Waals surface area (Å²) in [4.78, 5) is 2.25. The zero-order valence-electron chi connectivity index (χ0n) is 11.4. The van der Waals surface area contributed by atoms with Crippen LogP contribution in [-0.2, 0) is 11.3 Å². The third-order valence-corrected chi connectivity index (χ3v) is 3.80. The van der Waals surface area contributed by atoms with E-state index < -0.39 is 0 Å². The summed E-state index contributed by atoms with van der Waals surface area (Å²) in [5, 5.41) is 10.2. The Morgan fingerprint density at radius 1 is 1.47 bits per heavy atom. The molecule has 1 N–H and O–H groups in total. The SMILES string of the molecule is CCCOC1CCCN(c2c(Cl)cccc2CO)C1. The maximum Gasteiger partial charge on any atom is 0.0750 e. The van der Waals surface area contributed by atoms with Crippen LogP contribution in [0.15, 0.2) is 18.2 Å². The zero-order chi connectivity index (χ0) is 13.7. The van der Waals surface area contributed by atoms with Crippen LogP contribution in [0.2, 0.25) is 5.02 Å². The summed E-state index contributed by atoms with van der Waals surface area (Å²) in [5.74, 6) is 0. The van der Waals surface area contributed by atoms with E-state index in [2.05, 4.69) is 11.8 Å². The van der Waals surface area contributed by atoms with Crippen molar-refractivity contribution >= 4 is 17.3 Å². The minimum absolute atomic E-state index is 0.0207. The number of hydrogen-bond donors (Lipinski definition) is 1. The van der Waals surface area contributed by atoms with E-state index in [9.17, 15) is 5.11 Å². The Bertz CT molecular complexity index is 411. The number of ether oxygens (including phenoxy) is 1. The molecule has 1 aliphatic heterocycles. The summed E-state index contributed by atoms with van der Waals surface area (Å²) in [7, 11) is 0. The van der Waals surface area contributed by atoms with Gasteiger partial charge in [0.05, 0.1) is 23.4 Å². The summed E-state index contributed by atoms with van der Waals surface area (Å²) in [5.41, 5.74) is 1.86. The first-order chi connectivity index (χ1) is 9.26. The molecule has 0 aliphatic carbocycles. The lowest BCUT2D eigenvalue weighted by Gasteiger charge is -2.35. The van der Waals surface area contributed by atoms with Crippen LogP contribution in [0.3, 0.4) is 0 Å². The fraction of sp³-hybridized carbons (Fsp3) is 0.600. The monoisotopic (exact) mass is 283 g/mol. The summed E-state index contributed by atoms with van der Waals surface area (Å²) in [6.07, 6.45) is 3.53. The van der Waals surface area contributed by atoms with E-state index in [1.165, 1.54) is 0 Å². The molecule has 1 fully saturated rings. The Morgan fingerprint density at radius 3 is 3.05 bits per heavy atom. The number of piperidine rings is 1. The van der Waals surface area contributed by atoms with Crippen LogP contribution in [-0.4, -0.2) is 30.9 Å². The summed E-state index contributed by atoms with van der Waals surface area (Å²) in [6.45, 7) is 4.79. The fourth-order valence-electron chi connectivity index (χ4n) is 2.60. The Kier molecular flexibility index (Phi) is 5.49. The molecular formula is C15H22ClNO2. The number of para-hydroxylation sites is 1. The third-order valence-electron chi connectivity index (χ3n) is 3.49. The largest absolute Gasteiger partial charge is 0.392 e. The minimum atomic E-state index is 0.0207. The Hall–Kier alpha value is -0.770. The van der Waals surface area contributed by atoms with Gasteiger partial charge in [0.25, 0.3) is 0 Å². The van der Waals surface area contributed by atoms with Gasteiger partial charge in [-0.3, -0.25) is 0 Å². The van der Waals surface area contributed by atoms with Crippen molar-refractivity contribution in [3.8, 4) is 0 Å². The van der Waals surface area contributed by atoms with Crippen LogP contribution in [0, 0.1) is 0 Å². The number of benzene rings is 1. The predicted molar refractivity (Wildman–Crippen MR) is 78.9 cm³/mol. The molecular weight excluding hydrogens is 262 g/mol. The number of halogens is 1. The summed E-state index contributed by atoms with van der Waals surface area (Å²) >= 11 is 6.30. The highest BCUT2D eigenvalue weighted by molar-refractivity contribution is 6.33. The van der Waals surface area contributed by atoms with Crippen molar-refractivity contribution in [1.82, 2.24) is 0 Å². The van der Waals surface area contributed by atoms with Gasteiger partial charge in [-0.1, -0.05) is 30.7 Å². The maximum absolute atomic E-state index is 9.46. The van der Waals surface area contributed by atoms with Crippen LogP contribution in [0.1, 0.15) is 31.7 Å². The van der Waals surface area contributed by atoms with Crippen molar-refractivity contribution in [2.45, 2.75) is 38.9 Å². The molecule has 1 unspecified atom stereocenters. The van der Waals surface area contributed by atoms with E-state index in [4.69, 9.17) is 16.3 Å². The summed E-state index contributed by atoms with van der Waals surface area (Å²) in [6, 6.07) is 5.69. The van der Waals surface area contributed by atoms with Gasteiger partial charge >= 0.3 is 0 Å². The molecule has 0 aromatic heterocycles. The molecule has 1 aromatic carbocycles. The Labute approximate surface area is 120 Å². The minimum Gasteiger partial charge on any atom is -0.392 e. The van der Waals surface area contributed by atoms with Crippen molar-refractivity contribution < 1.29 is 9.84 Å². The average molecular weight is 284 g/mol. The molecule has 0 radical (unpaired) electrons. The average Bonchev–Trinajstić information content (AvgIpc) is 2.45. The molecule has 1 heterocycles. The second-order valence-electron chi connectivity index (χ2n) is 4.99. The van der Waals surface area contributed by atoms with Crippen molar-refractivity contribution in [2.75, 3.05) is 24.6 Å². The first-order valence-corrected chi connectivity index (χ1v) is 7.38. The second-order valence-corrected chi connectivity index (χ2v) is 5.39. The van der Waals surface area contributed by atoms with E-state index in [0.29, 0.717) is 5.02 Å². The molecule has 0 saturated carbocycles. The first-order valence-electron chi connectivity index (χ1n) is 7.01. The molecule has 0 spiro atoms. The molecule has 0 bridgehead atoms. The highest BCUT2D eigenvalue weighted by atomic mass is 35.5. The molecule has 1 saturated heterocycles. The van der Waals surface area contributed by atoms with Gasteiger partial charge in [-0.25, -0.2) is 0 Å².